The fraction of sp³-hybridized carbons (Fsp3) is 0.273. The van der Waals surface area contributed by atoms with E-state index in [1.165, 1.54) is 24.3 Å². The van der Waals surface area contributed by atoms with Crippen molar-refractivity contribution in [3.8, 4) is 0 Å². The van der Waals surface area contributed by atoms with Gasteiger partial charge in [-0.1, -0.05) is 12.1 Å². The van der Waals surface area contributed by atoms with Crippen LogP contribution in [0.15, 0.2) is 24.3 Å². The van der Waals surface area contributed by atoms with Crippen molar-refractivity contribution >= 4 is 16.1 Å². The molecule has 0 aliphatic heterocycles. The van der Waals surface area contributed by atoms with Crippen molar-refractivity contribution in [1.82, 2.24) is 0 Å². The van der Waals surface area contributed by atoms with E-state index in [1.54, 1.807) is 0 Å². The molecule has 1 rings (SSSR count). The molecule has 3 nitrogen and oxygen atoms in total. The Hall–Kier alpha value is -1.23. The lowest BCUT2D eigenvalue weighted by molar-refractivity contribution is -0.109. The van der Waals surface area contributed by atoms with E-state index in [1.807, 2.05) is 0 Å². The molecule has 86 valence electrons. The smallest absolute Gasteiger partial charge is 0.155 e. The number of halogens is 1. The minimum atomic E-state index is -3.44. The summed E-state index contributed by atoms with van der Waals surface area (Å²) in [7, 11) is -3.44. The fourth-order valence-corrected chi connectivity index (χ4v) is 2.71. The maximum absolute atomic E-state index is 12.6. The molecule has 0 spiro atoms. The molecule has 0 N–H and O–H groups in total. The Morgan fingerprint density at radius 2 is 1.88 bits per heavy atom. The molecule has 0 amide bonds. The minimum absolute atomic E-state index is 0.241. The molecule has 0 heterocycles. The van der Waals surface area contributed by atoms with E-state index in [-0.39, 0.29) is 5.75 Å². The zero-order chi connectivity index (χ0) is 12.2. The predicted molar refractivity (Wildman–Crippen MR) is 57.7 cm³/mol. The highest BCUT2D eigenvalue weighted by Crippen LogP contribution is 2.10. The van der Waals surface area contributed by atoms with Crippen LogP contribution in [-0.2, 0) is 20.4 Å². The van der Waals surface area contributed by atoms with Crippen molar-refractivity contribution in [2.24, 2.45) is 5.92 Å². The van der Waals surface area contributed by atoms with Gasteiger partial charge < -0.3 is 4.79 Å². The van der Waals surface area contributed by atoms with E-state index in [0.717, 1.165) is 0 Å². The highest BCUT2D eigenvalue weighted by Gasteiger charge is 2.16. The molecular formula is C11H11FO3S. The van der Waals surface area contributed by atoms with Gasteiger partial charge in [0.25, 0.3) is 0 Å². The van der Waals surface area contributed by atoms with Crippen molar-refractivity contribution in [1.29, 1.82) is 0 Å². The zero-order valence-corrected chi connectivity index (χ0v) is 9.28. The van der Waals surface area contributed by atoms with Crippen LogP contribution < -0.4 is 0 Å². The third kappa shape index (κ3) is 4.10. The zero-order valence-electron chi connectivity index (χ0n) is 8.47. The summed E-state index contributed by atoms with van der Waals surface area (Å²) >= 11 is 0. The van der Waals surface area contributed by atoms with Gasteiger partial charge in [-0.05, 0) is 24.6 Å². The molecule has 0 fully saturated rings. The Kier molecular flexibility index (Phi) is 4.18. The highest BCUT2D eigenvalue weighted by atomic mass is 32.2. The first-order valence-corrected chi connectivity index (χ1v) is 6.41. The van der Waals surface area contributed by atoms with E-state index in [0.29, 0.717) is 11.8 Å². The van der Waals surface area contributed by atoms with Gasteiger partial charge in [-0.25, -0.2) is 12.8 Å². The quantitative estimate of drug-likeness (QED) is 0.730. The van der Waals surface area contributed by atoms with Crippen molar-refractivity contribution in [2.75, 3.05) is 5.75 Å². The monoisotopic (exact) mass is 242 g/mol. The average molecular weight is 242 g/mol. The van der Waals surface area contributed by atoms with Gasteiger partial charge >= 0.3 is 0 Å². The highest BCUT2D eigenvalue weighted by molar-refractivity contribution is 7.90. The van der Waals surface area contributed by atoms with Crippen LogP contribution in [0.4, 0.5) is 4.39 Å². The van der Waals surface area contributed by atoms with Crippen LogP contribution >= 0.6 is 0 Å². The third-order valence-corrected chi connectivity index (χ3v) is 3.59. The minimum Gasteiger partial charge on any atom is -0.303 e. The van der Waals surface area contributed by atoms with Gasteiger partial charge in [0.2, 0.25) is 0 Å². The number of rotatable bonds is 5. The Morgan fingerprint density at radius 3 is 2.38 bits per heavy atom. The van der Waals surface area contributed by atoms with Gasteiger partial charge in [0.1, 0.15) is 12.1 Å². The summed E-state index contributed by atoms with van der Waals surface area (Å²) in [5, 5.41) is 0. The Bertz CT molecular complexity index is 451. The lowest BCUT2D eigenvalue weighted by Crippen LogP contribution is -2.16. The van der Waals surface area contributed by atoms with E-state index >= 15 is 0 Å². The van der Waals surface area contributed by atoms with Crippen LogP contribution in [0, 0.1) is 18.7 Å². The number of sulfone groups is 1. The maximum atomic E-state index is 12.6. The van der Waals surface area contributed by atoms with Crippen molar-refractivity contribution < 1.29 is 17.6 Å². The first-order chi connectivity index (χ1) is 7.43. The summed E-state index contributed by atoms with van der Waals surface area (Å²) in [4.78, 5) is 10.2. The summed E-state index contributed by atoms with van der Waals surface area (Å²) in [6.07, 6.45) is 0.391. The number of hydrogen-bond donors (Lipinski definition) is 0. The third-order valence-electron chi connectivity index (χ3n) is 1.92. The predicted octanol–water partition coefficient (Wildman–Crippen LogP) is 1.27. The number of hydrogen-bond acceptors (Lipinski definition) is 3. The number of benzene rings is 1. The Labute approximate surface area is 94.2 Å². The van der Waals surface area contributed by atoms with Crippen LogP contribution in [-0.4, -0.2) is 20.5 Å². The molecule has 0 saturated heterocycles. The standard InChI is InChI=1S/C11H11FO3S/c1-9(6-13)7-16(14,15)8-10-2-4-11(12)5-3-10/h1-6,9H,7-8H2/t9-/m1/s1. The molecule has 1 atom stereocenters. The maximum Gasteiger partial charge on any atom is 0.155 e. The first kappa shape index (κ1) is 12.8. The topological polar surface area (TPSA) is 51.2 Å². The molecule has 0 aliphatic rings. The normalized spacial score (nSPS) is 13.4. The summed E-state index contributed by atoms with van der Waals surface area (Å²) < 4.78 is 35.6. The molecular weight excluding hydrogens is 231 g/mol. The largest absolute Gasteiger partial charge is 0.303 e. The number of carbonyl (C=O) groups excluding carboxylic acids is 1. The molecule has 16 heavy (non-hydrogen) atoms. The molecule has 0 bridgehead atoms. The van der Waals surface area contributed by atoms with Crippen LogP contribution in [0.25, 0.3) is 0 Å². The fourth-order valence-electron chi connectivity index (χ4n) is 1.23. The van der Waals surface area contributed by atoms with Gasteiger partial charge in [-0.15, -0.1) is 0 Å². The molecule has 5 heteroatoms. The van der Waals surface area contributed by atoms with Crippen molar-refractivity contribution in [3.05, 3.63) is 42.6 Å². The molecule has 0 unspecified atom stereocenters. The molecule has 1 aromatic rings. The number of carbonyl (C=O) groups is 1. The first-order valence-electron chi connectivity index (χ1n) is 4.59. The lowest BCUT2D eigenvalue weighted by atomic mass is 10.2. The average Bonchev–Trinajstić information content (AvgIpc) is 2.20. The van der Waals surface area contributed by atoms with Crippen LogP contribution in [0.2, 0.25) is 0 Å². The van der Waals surface area contributed by atoms with Gasteiger partial charge in [0.05, 0.1) is 11.5 Å². The molecule has 0 saturated carbocycles. The lowest BCUT2D eigenvalue weighted by Gasteiger charge is -2.05. The number of aldehydes is 1. The second-order valence-corrected chi connectivity index (χ2v) is 5.59. The van der Waals surface area contributed by atoms with Crippen molar-refractivity contribution in [3.63, 3.8) is 0 Å². The second-order valence-electron chi connectivity index (χ2n) is 3.48. The molecule has 0 aliphatic carbocycles. The van der Waals surface area contributed by atoms with E-state index in [2.05, 4.69) is 0 Å². The van der Waals surface area contributed by atoms with Crippen molar-refractivity contribution in [2.45, 2.75) is 5.75 Å². The second kappa shape index (κ2) is 5.21. The van der Waals surface area contributed by atoms with E-state index in [4.69, 9.17) is 6.92 Å². The summed E-state index contributed by atoms with van der Waals surface area (Å²) in [6, 6.07) is 5.15. The molecule has 2 radical (unpaired) electrons. The Balaban J connectivity index is 2.73. The van der Waals surface area contributed by atoms with Gasteiger partial charge in [0.15, 0.2) is 9.84 Å². The molecule has 0 aromatic heterocycles. The van der Waals surface area contributed by atoms with Crippen LogP contribution in [0.1, 0.15) is 5.56 Å². The summed E-state index contributed by atoms with van der Waals surface area (Å²) in [6.45, 7) is 5.23. The molecule has 1 aromatic carbocycles. The Morgan fingerprint density at radius 1 is 1.31 bits per heavy atom. The van der Waals surface area contributed by atoms with Gasteiger partial charge in [-0.3, -0.25) is 0 Å². The van der Waals surface area contributed by atoms with E-state index < -0.39 is 27.3 Å². The van der Waals surface area contributed by atoms with Crippen LogP contribution in [0.3, 0.4) is 0 Å². The van der Waals surface area contributed by atoms with E-state index in [9.17, 15) is 17.6 Å². The SMILES string of the molecule is [CH][C@H](C=O)CS(=O)(=O)Cc1ccc(F)cc1. The van der Waals surface area contributed by atoms with Gasteiger partial charge in [0, 0.05) is 5.92 Å². The van der Waals surface area contributed by atoms with Crippen LogP contribution in [0.5, 0.6) is 0 Å². The summed E-state index contributed by atoms with van der Waals surface area (Å²) in [5.74, 6) is -2.07. The van der Waals surface area contributed by atoms with Gasteiger partial charge in [-0.2, -0.15) is 0 Å². The summed E-state index contributed by atoms with van der Waals surface area (Å²) in [5.41, 5.74) is 0.472.